The summed E-state index contributed by atoms with van der Waals surface area (Å²) in [5.74, 6) is 0.114. The molecule has 3 aromatic carbocycles. The summed E-state index contributed by atoms with van der Waals surface area (Å²) in [6.45, 7) is 0. The number of hydrazone groups is 1. The first-order chi connectivity index (χ1) is 16.1. The fourth-order valence-corrected chi connectivity index (χ4v) is 4.70. The van der Waals surface area contributed by atoms with Gasteiger partial charge in [0.15, 0.2) is 15.8 Å². The number of para-hydroxylation sites is 1. The highest BCUT2D eigenvalue weighted by Gasteiger charge is 2.13. The molecule has 0 unspecified atom stereocenters. The molecule has 0 bridgehead atoms. The Morgan fingerprint density at radius 2 is 1.85 bits per heavy atom. The Hall–Kier alpha value is -3.69. The first kappa shape index (κ1) is 22.5. The molecule has 0 saturated heterocycles. The van der Waals surface area contributed by atoms with Crippen LogP contribution in [0.5, 0.6) is 11.5 Å². The van der Waals surface area contributed by atoms with E-state index in [0.717, 1.165) is 14.6 Å². The predicted molar refractivity (Wildman–Crippen MR) is 130 cm³/mol. The van der Waals surface area contributed by atoms with Crippen LogP contribution in [0.15, 0.2) is 82.2 Å². The largest absolute Gasteiger partial charge is 0.493 e. The number of nitrogens with one attached hydrogen (secondary N) is 1. The van der Waals surface area contributed by atoms with Crippen LogP contribution >= 0.6 is 23.1 Å². The molecule has 166 valence electrons. The lowest BCUT2D eigenvalue weighted by Crippen LogP contribution is -2.19. The molecule has 9 heteroatoms. The van der Waals surface area contributed by atoms with Gasteiger partial charge in [0, 0.05) is 0 Å². The lowest BCUT2D eigenvalue weighted by Gasteiger charge is -2.10. The third-order valence-electron chi connectivity index (χ3n) is 4.40. The van der Waals surface area contributed by atoms with E-state index in [-0.39, 0.29) is 17.4 Å². The number of nitrogens with zero attached hydrogens (tertiary/aromatic N) is 2. The monoisotopic (exact) mass is 477 g/mol. The quantitative estimate of drug-likeness (QED) is 0.129. The molecule has 4 aromatic rings. The van der Waals surface area contributed by atoms with Gasteiger partial charge in [-0.3, -0.25) is 4.79 Å². The lowest BCUT2D eigenvalue weighted by molar-refractivity contribution is -0.118. The molecular formula is C24H19N3O4S2. The molecule has 1 N–H and O–H groups in total. The maximum Gasteiger partial charge on any atom is 0.343 e. The maximum atomic E-state index is 12.4. The molecule has 4 rings (SSSR count). The van der Waals surface area contributed by atoms with Crippen LogP contribution in [-0.4, -0.2) is 35.9 Å². The number of fused-ring (bicyclic) bond motifs is 1. The van der Waals surface area contributed by atoms with Crippen LogP contribution in [0.3, 0.4) is 0 Å². The summed E-state index contributed by atoms with van der Waals surface area (Å²) in [5, 5.41) is 3.99. The second-order valence-corrected chi connectivity index (χ2v) is 8.95. The van der Waals surface area contributed by atoms with Gasteiger partial charge in [-0.2, -0.15) is 5.10 Å². The van der Waals surface area contributed by atoms with Crippen molar-refractivity contribution in [1.82, 2.24) is 10.4 Å². The number of carbonyl (C=O) groups excluding carboxylic acids is 2. The lowest BCUT2D eigenvalue weighted by atomic mass is 10.2. The summed E-state index contributed by atoms with van der Waals surface area (Å²) >= 11 is 2.91. The number of ether oxygens (including phenoxy) is 2. The van der Waals surface area contributed by atoms with Crippen LogP contribution in [0.4, 0.5) is 0 Å². The van der Waals surface area contributed by atoms with E-state index < -0.39 is 5.97 Å². The minimum atomic E-state index is -0.497. The van der Waals surface area contributed by atoms with Crippen molar-refractivity contribution in [2.75, 3.05) is 12.9 Å². The van der Waals surface area contributed by atoms with Crippen LogP contribution < -0.4 is 14.9 Å². The number of thioether (sulfide) groups is 1. The van der Waals surface area contributed by atoms with Crippen molar-refractivity contribution in [2.24, 2.45) is 5.10 Å². The summed E-state index contributed by atoms with van der Waals surface area (Å²) in [7, 11) is 1.49. The standard InChI is InChI=1S/C24H19N3O4S2/c1-30-19-12-11-16(13-20(19)31-23(29)17-7-3-2-4-8-17)14-25-27-22(28)15-32-24-26-18-9-5-6-10-21(18)33-24/h2-14H,15H2,1H3,(H,27,28). The minimum Gasteiger partial charge on any atom is -0.493 e. The van der Waals surface area contributed by atoms with E-state index in [9.17, 15) is 9.59 Å². The number of benzene rings is 3. The van der Waals surface area contributed by atoms with Gasteiger partial charge in [0.25, 0.3) is 5.91 Å². The van der Waals surface area contributed by atoms with Gasteiger partial charge in [-0.05, 0) is 48.0 Å². The highest BCUT2D eigenvalue weighted by molar-refractivity contribution is 8.01. The average Bonchev–Trinajstić information content (AvgIpc) is 3.27. The van der Waals surface area contributed by atoms with E-state index in [1.165, 1.54) is 25.1 Å². The summed E-state index contributed by atoms with van der Waals surface area (Å²) in [6.07, 6.45) is 1.47. The van der Waals surface area contributed by atoms with Crippen LogP contribution in [0.25, 0.3) is 10.2 Å². The number of aromatic nitrogens is 1. The van der Waals surface area contributed by atoms with Gasteiger partial charge >= 0.3 is 5.97 Å². The Kier molecular flexibility index (Phi) is 7.33. The molecule has 0 fully saturated rings. The number of hydrogen-bond acceptors (Lipinski definition) is 8. The summed E-state index contributed by atoms with van der Waals surface area (Å²) < 4.78 is 12.7. The van der Waals surface area contributed by atoms with Crippen LogP contribution in [0.1, 0.15) is 15.9 Å². The van der Waals surface area contributed by atoms with Crippen molar-refractivity contribution < 1.29 is 19.1 Å². The molecule has 0 aliphatic rings. The number of amides is 1. The molecule has 7 nitrogen and oxygen atoms in total. The summed E-state index contributed by atoms with van der Waals surface area (Å²) in [6, 6.07) is 21.5. The molecule has 0 aliphatic carbocycles. The average molecular weight is 478 g/mol. The van der Waals surface area contributed by atoms with Crippen LogP contribution in [-0.2, 0) is 4.79 Å². The zero-order chi connectivity index (χ0) is 23.0. The Balaban J connectivity index is 1.34. The van der Waals surface area contributed by atoms with Crippen molar-refractivity contribution in [2.45, 2.75) is 4.34 Å². The Morgan fingerprint density at radius 3 is 2.64 bits per heavy atom. The number of hydrogen-bond donors (Lipinski definition) is 1. The van der Waals surface area contributed by atoms with E-state index in [0.29, 0.717) is 16.9 Å². The third-order valence-corrected chi connectivity index (χ3v) is 6.58. The second kappa shape index (κ2) is 10.8. The predicted octanol–water partition coefficient (Wildman–Crippen LogP) is 4.77. The Bertz CT molecular complexity index is 1270. The van der Waals surface area contributed by atoms with Gasteiger partial charge in [-0.15, -0.1) is 11.3 Å². The zero-order valence-corrected chi connectivity index (χ0v) is 19.2. The maximum absolute atomic E-state index is 12.4. The van der Waals surface area contributed by atoms with Crippen molar-refractivity contribution in [3.05, 3.63) is 83.9 Å². The first-order valence-corrected chi connectivity index (χ1v) is 11.7. The highest BCUT2D eigenvalue weighted by Crippen LogP contribution is 2.29. The fourth-order valence-electron chi connectivity index (χ4n) is 2.84. The zero-order valence-electron chi connectivity index (χ0n) is 17.6. The minimum absolute atomic E-state index is 0.194. The smallest absolute Gasteiger partial charge is 0.343 e. The van der Waals surface area contributed by atoms with Crippen molar-refractivity contribution >= 4 is 51.4 Å². The van der Waals surface area contributed by atoms with Crippen LogP contribution in [0.2, 0.25) is 0 Å². The molecule has 33 heavy (non-hydrogen) atoms. The molecule has 0 atom stereocenters. The van der Waals surface area contributed by atoms with Gasteiger partial charge in [0.1, 0.15) is 0 Å². The molecule has 1 aromatic heterocycles. The Morgan fingerprint density at radius 1 is 1.06 bits per heavy atom. The van der Waals surface area contributed by atoms with Gasteiger partial charge in [0.05, 0.1) is 34.9 Å². The van der Waals surface area contributed by atoms with Gasteiger partial charge in [-0.25, -0.2) is 15.2 Å². The van der Waals surface area contributed by atoms with Crippen LogP contribution in [0, 0.1) is 0 Å². The second-order valence-electron chi connectivity index (χ2n) is 6.70. The van der Waals surface area contributed by atoms with Gasteiger partial charge in [-0.1, -0.05) is 42.1 Å². The fraction of sp³-hybridized carbons (Fsp3) is 0.0833. The third kappa shape index (κ3) is 5.97. The van der Waals surface area contributed by atoms with E-state index in [2.05, 4.69) is 15.5 Å². The van der Waals surface area contributed by atoms with Gasteiger partial charge in [0.2, 0.25) is 0 Å². The SMILES string of the molecule is COc1ccc(C=NNC(=O)CSc2nc3ccccc3s2)cc1OC(=O)c1ccccc1. The number of esters is 1. The summed E-state index contributed by atoms with van der Waals surface area (Å²) in [5.41, 5.74) is 4.48. The molecule has 0 radical (unpaired) electrons. The normalized spacial score (nSPS) is 10.9. The summed E-state index contributed by atoms with van der Waals surface area (Å²) in [4.78, 5) is 29.0. The van der Waals surface area contributed by atoms with Gasteiger partial charge < -0.3 is 9.47 Å². The molecule has 0 saturated carbocycles. The van der Waals surface area contributed by atoms with E-state index >= 15 is 0 Å². The molecule has 1 amide bonds. The Labute approximate surface area is 198 Å². The number of rotatable bonds is 8. The molecule has 0 spiro atoms. The molecule has 0 aliphatic heterocycles. The highest BCUT2D eigenvalue weighted by atomic mass is 32.2. The van der Waals surface area contributed by atoms with Crippen molar-refractivity contribution in [1.29, 1.82) is 0 Å². The van der Waals surface area contributed by atoms with Crippen molar-refractivity contribution in [3.63, 3.8) is 0 Å². The van der Waals surface area contributed by atoms with E-state index in [1.807, 2.05) is 30.3 Å². The first-order valence-electron chi connectivity index (χ1n) is 9.88. The molecule has 1 heterocycles. The number of methoxy groups -OCH3 is 1. The topological polar surface area (TPSA) is 89.9 Å². The van der Waals surface area contributed by atoms with E-state index in [1.54, 1.807) is 53.8 Å². The number of carbonyl (C=O) groups is 2. The number of thiazole rings is 1. The van der Waals surface area contributed by atoms with E-state index in [4.69, 9.17) is 9.47 Å². The van der Waals surface area contributed by atoms with Crippen molar-refractivity contribution in [3.8, 4) is 11.5 Å². The molecular weight excluding hydrogens is 458 g/mol.